The molecule has 0 bridgehead atoms. The molecule has 0 amide bonds. The lowest BCUT2D eigenvalue weighted by Gasteiger charge is -2.34. The van der Waals surface area contributed by atoms with Gasteiger partial charge in [0.1, 0.15) is 28.4 Å². The minimum absolute atomic E-state index is 0.0981. The zero-order chi connectivity index (χ0) is 26.2. The van der Waals surface area contributed by atoms with E-state index in [0.29, 0.717) is 22.7 Å². The van der Waals surface area contributed by atoms with Crippen molar-refractivity contribution < 1.29 is 9.13 Å². The van der Waals surface area contributed by atoms with Crippen molar-refractivity contribution in [1.29, 1.82) is 0 Å². The number of fused-ring (bicyclic) bond motifs is 1. The lowest BCUT2D eigenvalue weighted by atomic mass is 9.96. The first-order valence-electron chi connectivity index (χ1n) is 12.7. The first kappa shape index (κ1) is 24.6. The van der Waals surface area contributed by atoms with Gasteiger partial charge in [0, 0.05) is 49.4 Å². The lowest BCUT2D eigenvalue weighted by Crippen LogP contribution is -2.45. The third-order valence-electron chi connectivity index (χ3n) is 7.36. The molecule has 4 aromatic rings. The van der Waals surface area contributed by atoms with Gasteiger partial charge >= 0.3 is 0 Å². The Morgan fingerprint density at radius 2 is 1.87 bits per heavy atom. The number of ether oxygens (including phenoxy) is 1. The Labute approximate surface area is 225 Å². The van der Waals surface area contributed by atoms with Crippen LogP contribution in [0.15, 0.2) is 48.7 Å². The van der Waals surface area contributed by atoms with Crippen LogP contribution in [0, 0.1) is 5.82 Å². The molecule has 2 aliphatic rings. The number of imidazole rings is 1. The monoisotopic (exact) mass is 533 g/mol. The molecule has 1 aliphatic heterocycles. The van der Waals surface area contributed by atoms with Gasteiger partial charge in [0.05, 0.1) is 24.6 Å². The SMILES string of the molecule is COc1cc(Nc2nc3c(c(N4CCN(C)CC4)n2)CCC3c2ccc(F)cc2)ccc1-c1ncc(Cl)[nH]1. The second-order valence-electron chi connectivity index (χ2n) is 9.79. The number of halogens is 2. The number of anilines is 3. The smallest absolute Gasteiger partial charge is 0.229 e. The summed E-state index contributed by atoms with van der Waals surface area (Å²) in [5, 5.41) is 3.87. The van der Waals surface area contributed by atoms with Crippen molar-refractivity contribution in [2.24, 2.45) is 0 Å². The minimum Gasteiger partial charge on any atom is -0.496 e. The number of aromatic nitrogens is 4. The molecule has 8 nitrogen and oxygen atoms in total. The fraction of sp³-hybridized carbons (Fsp3) is 0.321. The first-order valence-corrected chi connectivity index (χ1v) is 13.1. The number of benzene rings is 2. The maximum absolute atomic E-state index is 13.6. The van der Waals surface area contributed by atoms with Crippen molar-refractivity contribution >= 4 is 29.1 Å². The van der Waals surface area contributed by atoms with Crippen LogP contribution in [0.25, 0.3) is 11.4 Å². The van der Waals surface area contributed by atoms with Gasteiger partial charge in [0.15, 0.2) is 0 Å². The third-order valence-corrected chi connectivity index (χ3v) is 7.56. The molecule has 2 N–H and O–H groups in total. The second kappa shape index (κ2) is 10.2. The Hall–Kier alpha value is -3.69. The van der Waals surface area contributed by atoms with Gasteiger partial charge in [0.25, 0.3) is 0 Å². The molecule has 1 unspecified atom stereocenters. The van der Waals surface area contributed by atoms with Crippen molar-refractivity contribution in [2.45, 2.75) is 18.8 Å². The highest BCUT2D eigenvalue weighted by atomic mass is 35.5. The molecule has 0 spiro atoms. The third kappa shape index (κ3) is 4.79. The van der Waals surface area contributed by atoms with Gasteiger partial charge in [-0.3, -0.25) is 0 Å². The maximum atomic E-state index is 13.6. The highest BCUT2D eigenvalue weighted by Crippen LogP contribution is 2.42. The largest absolute Gasteiger partial charge is 0.496 e. The highest BCUT2D eigenvalue weighted by Gasteiger charge is 2.32. The molecule has 6 rings (SSSR count). The number of hydrogen-bond donors (Lipinski definition) is 2. The number of piperazine rings is 1. The van der Waals surface area contributed by atoms with E-state index in [1.807, 2.05) is 30.3 Å². The fourth-order valence-electron chi connectivity index (χ4n) is 5.33. The van der Waals surface area contributed by atoms with Crippen molar-refractivity contribution in [1.82, 2.24) is 24.8 Å². The Kier molecular flexibility index (Phi) is 6.63. The molecule has 10 heteroatoms. The van der Waals surface area contributed by atoms with Gasteiger partial charge in [-0.2, -0.15) is 4.98 Å². The van der Waals surface area contributed by atoms with E-state index < -0.39 is 0 Å². The van der Waals surface area contributed by atoms with E-state index in [1.54, 1.807) is 13.3 Å². The molecule has 0 radical (unpaired) electrons. The van der Waals surface area contributed by atoms with Crippen LogP contribution < -0.4 is 15.0 Å². The van der Waals surface area contributed by atoms with Crippen LogP contribution in [0.5, 0.6) is 5.75 Å². The topological polar surface area (TPSA) is 82.2 Å². The second-order valence-corrected chi connectivity index (χ2v) is 10.2. The first-order chi connectivity index (χ1) is 18.5. The number of H-pyrrole nitrogens is 1. The summed E-state index contributed by atoms with van der Waals surface area (Å²) in [5.74, 6) is 2.66. The number of nitrogens with one attached hydrogen (secondary N) is 2. The van der Waals surface area contributed by atoms with Gasteiger partial charge in [-0.15, -0.1) is 0 Å². The van der Waals surface area contributed by atoms with E-state index >= 15 is 0 Å². The zero-order valence-electron chi connectivity index (χ0n) is 21.3. The molecule has 0 saturated carbocycles. The van der Waals surface area contributed by atoms with E-state index in [2.05, 4.69) is 32.1 Å². The number of nitrogens with zero attached hydrogens (tertiary/aromatic N) is 5. The van der Waals surface area contributed by atoms with E-state index in [-0.39, 0.29) is 11.7 Å². The van der Waals surface area contributed by atoms with Crippen LogP contribution in [0.1, 0.15) is 29.2 Å². The maximum Gasteiger partial charge on any atom is 0.229 e. The van der Waals surface area contributed by atoms with Gasteiger partial charge in [-0.05, 0) is 49.7 Å². The summed E-state index contributed by atoms with van der Waals surface area (Å²) >= 11 is 6.03. The summed E-state index contributed by atoms with van der Waals surface area (Å²) in [7, 11) is 3.77. The Morgan fingerprint density at radius 3 is 2.58 bits per heavy atom. The van der Waals surface area contributed by atoms with Gasteiger partial charge in [-0.1, -0.05) is 23.7 Å². The van der Waals surface area contributed by atoms with Crippen molar-refractivity contribution in [3.8, 4) is 17.1 Å². The molecule has 2 aromatic heterocycles. The van der Waals surface area contributed by atoms with Crippen LogP contribution in [0.3, 0.4) is 0 Å². The molecule has 196 valence electrons. The average molecular weight is 534 g/mol. The Bertz CT molecular complexity index is 1450. The number of likely N-dealkylation sites (N-methyl/N-ethyl adjacent to an activating group) is 1. The van der Waals surface area contributed by atoms with Crippen molar-refractivity contribution in [3.05, 3.63) is 76.5 Å². The quantitative estimate of drug-likeness (QED) is 0.350. The molecule has 1 atom stereocenters. The fourth-order valence-corrected chi connectivity index (χ4v) is 5.47. The van der Waals surface area contributed by atoms with Crippen LogP contribution in [0.2, 0.25) is 5.15 Å². The highest BCUT2D eigenvalue weighted by molar-refractivity contribution is 6.29. The predicted octanol–water partition coefficient (Wildman–Crippen LogP) is 5.24. The standard InChI is InChI=1S/C28H29ClFN7O/c1-36-11-13-37(14-12-36)27-22-10-9-20(17-3-5-18(30)6-4-17)25(22)34-28(35-27)32-19-7-8-21(23(15-19)38-2)26-31-16-24(29)33-26/h3-8,15-16,20H,9-14H2,1-2H3,(H,31,33)(H,32,34,35). The molecule has 1 saturated heterocycles. The van der Waals surface area contributed by atoms with Crippen LogP contribution in [-0.4, -0.2) is 65.2 Å². The summed E-state index contributed by atoms with van der Waals surface area (Å²) in [6.07, 6.45) is 3.39. The number of rotatable bonds is 6. The van der Waals surface area contributed by atoms with Gasteiger partial charge < -0.3 is 24.8 Å². The summed E-state index contributed by atoms with van der Waals surface area (Å²) in [6.45, 7) is 3.79. The molecule has 1 aliphatic carbocycles. The van der Waals surface area contributed by atoms with Crippen LogP contribution >= 0.6 is 11.6 Å². The lowest BCUT2D eigenvalue weighted by molar-refractivity contribution is 0.312. The summed E-state index contributed by atoms with van der Waals surface area (Å²) in [4.78, 5) is 22.1. The summed E-state index contributed by atoms with van der Waals surface area (Å²) < 4.78 is 19.3. The summed E-state index contributed by atoms with van der Waals surface area (Å²) in [6, 6.07) is 12.5. The van der Waals surface area contributed by atoms with E-state index in [1.165, 1.54) is 17.7 Å². The minimum atomic E-state index is -0.232. The average Bonchev–Trinajstić information content (AvgIpc) is 3.55. The summed E-state index contributed by atoms with van der Waals surface area (Å²) in [5.41, 5.74) is 4.87. The van der Waals surface area contributed by atoms with Gasteiger partial charge in [0.2, 0.25) is 5.95 Å². The number of aromatic amines is 1. The molecular formula is C28H29ClFN7O. The predicted molar refractivity (Wildman–Crippen MR) is 147 cm³/mol. The molecule has 1 fully saturated rings. The zero-order valence-corrected chi connectivity index (χ0v) is 22.1. The van der Waals surface area contributed by atoms with E-state index in [9.17, 15) is 4.39 Å². The van der Waals surface area contributed by atoms with Crippen LogP contribution in [0.4, 0.5) is 21.8 Å². The number of hydrogen-bond acceptors (Lipinski definition) is 7. The number of methoxy groups -OCH3 is 1. The Balaban J connectivity index is 1.37. The molecule has 38 heavy (non-hydrogen) atoms. The molecular weight excluding hydrogens is 505 g/mol. The normalized spacial score (nSPS) is 17.5. The van der Waals surface area contributed by atoms with Crippen molar-refractivity contribution in [3.63, 3.8) is 0 Å². The van der Waals surface area contributed by atoms with Gasteiger partial charge in [-0.25, -0.2) is 14.4 Å². The van der Waals surface area contributed by atoms with Crippen molar-refractivity contribution in [2.75, 3.05) is 50.6 Å². The van der Waals surface area contributed by atoms with E-state index in [0.717, 1.165) is 67.3 Å². The van der Waals surface area contributed by atoms with E-state index in [4.69, 9.17) is 26.3 Å². The molecule has 2 aromatic carbocycles. The Morgan fingerprint density at radius 1 is 1.08 bits per heavy atom. The molecule has 3 heterocycles. The van der Waals surface area contributed by atoms with Crippen LogP contribution in [-0.2, 0) is 6.42 Å².